The number of phosphoric acid groups is 1. The number of rotatable bonds is 2. The maximum Gasteiger partial charge on any atom is 0.584 e. The topological polar surface area (TPSA) is 269 Å². The molecule has 0 radical (unpaired) electrons. The van der Waals surface area contributed by atoms with Crippen LogP contribution in [0.3, 0.4) is 0 Å². The van der Waals surface area contributed by atoms with Crippen molar-refractivity contribution in [2.45, 2.75) is 25.4 Å². The van der Waals surface area contributed by atoms with Crippen LogP contribution in [0.25, 0.3) is 22.7 Å². The van der Waals surface area contributed by atoms with Crippen molar-refractivity contribution in [2.75, 3.05) is 12.4 Å². The first-order valence-electron chi connectivity index (χ1n) is 12.3. The summed E-state index contributed by atoms with van der Waals surface area (Å²) >= 11 is 4.08. The second kappa shape index (κ2) is 10.1. The molecule has 1 saturated heterocycles. The Kier molecular flexibility index (Phi) is 6.52. The van der Waals surface area contributed by atoms with E-state index in [1.807, 2.05) is 0 Å². The number of hydrogen-bond acceptors (Lipinski definition) is 17. The molecule has 4 atom stereocenters. The van der Waals surface area contributed by atoms with Crippen LogP contribution < -0.4 is 37.6 Å². The van der Waals surface area contributed by atoms with E-state index in [0.717, 1.165) is 6.26 Å². The molecule has 3 aromatic heterocycles. The molecule has 0 amide bonds. The van der Waals surface area contributed by atoms with Gasteiger partial charge in [0, 0.05) is 12.3 Å². The zero-order valence-corrected chi connectivity index (χ0v) is 24.2. The van der Waals surface area contributed by atoms with Gasteiger partial charge in [-0.1, -0.05) is 0 Å². The summed E-state index contributed by atoms with van der Waals surface area (Å²) in [7, 11) is -4.85. The van der Waals surface area contributed by atoms with Crippen LogP contribution in [0.4, 0.5) is 5.95 Å². The highest BCUT2D eigenvalue weighted by molar-refractivity contribution is 8.44. The summed E-state index contributed by atoms with van der Waals surface area (Å²) in [6, 6.07) is 1.33. The molecular weight excluding hydrogens is 634 g/mol. The first-order valence-corrected chi connectivity index (χ1v) is 16.5. The Balaban J connectivity index is 1.24. The Labute approximate surface area is 244 Å². The second-order valence-corrected chi connectivity index (χ2v) is 13.5. The molecule has 0 aromatic carbocycles. The average Bonchev–Trinajstić information content (AvgIpc) is 3.71. The summed E-state index contributed by atoms with van der Waals surface area (Å²) in [4.78, 5) is 33.2. The molecule has 43 heavy (non-hydrogen) atoms. The van der Waals surface area contributed by atoms with Gasteiger partial charge in [-0.25, -0.2) is 24.1 Å². The molecule has 3 aromatic rings. The number of H-pyrrole nitrogens is 1. The van der Waals surface area contributed by atoms with Crippen LogP contribution in [-0.4, -0.2) is 48.4 Å². The number of hydrazine groups is 1. The molecule has 4 aliphatic heterocycles. The van der Waals surface area contributed by atoms with E-state index in [1.54, 1.807) is 11.2 Å². The highest BCUT2D eigenvalue weighted by atomic mass is 32.7. The van der Waals surface area contributed by atoms with Crippen molar-refractivity contribution < 1.29 is 41.3 Å². The predicted molar refractivity (Wildman–Crippen MR) is 148 cm³/mol. The number of nitrogens with zero attached hydrogens (tertiary/aromatic N) is 4. The fourth-order valence-electron chi connectivity index (χ4n) is 4.60. The second-order valence-electron chi connectivity index (χ2n) is 9.30. The van der Waals surface area contributed by atoms with Crippen molar-refractivity contribution in [3.8, 4) is 5.75 Å². The van der Waals surface area contributed by atoms with E-state index in [0.29, 0.717) is 12.4 Å². The lowest BCUT2D eigenvalue weighted by molar-refractivity contribution is 0.114. The van der Waals surface area contributed by atoms with Gasteiger partial charge in [-0.15, -0.1) is 0 Å². The number of aromatic amines is 1. The van der Waals surface area contributed by atoms with Crippen molar-refractivity contribution in [1.29, 1.82) is 0 Å². The summed E-state index contributed by atoms with van der Waals surface area (Å²) in [5, 5.41) is 7.85. The Bertz CT molecular complexity index is 1900. The predicted octanol–water partition coefficient (Wildman–Crippen LogP) is 0.343. The van der Waals surface area contributed by atoms with E-state index < -0.39 is 33.0 Å². The van der Waals surface area contributed by atoms with Crippen LogP contribution in [0.1, 0.15) is 17.9 Å². The summed E-state index contributed by atoms with van der Waals surface area (Å²) in [5.74, 6) is -0.721. The van der Waals surface area contributed by atoms with E-state index in [1.165, 1.54) is 17.0 Å². The number of anilines is 1. The highest BCUT2D eigenvalue weighted by Crippen LogP contribution is 2.58. The largest absolute Gasteiger partial charge is 0.584 e. The van der Waals surface area contributed by atoms with E-state index in [4.69, 9.17) is 38.7 Å². The minimum Gasteiger partial charge on any atom is -0.453 e. The number of hydrogen-bond donors (Lipinski definition) is 8. The summed E-state index contributed by atoms with van der Waals surface area (Å²) < 4.78 is 60.6. The molecule has 1 fully saturated rings. The number of aromatic nitrogens is 4. The van der Waals surface area contributed by atoms with Crippen molar-refractivity contribution >= 4 is 55.6 Å². The molecule has 7 rings (SSSR count). The first-order chi connectivity index (χ1) is 20.5. The molecule has 0 aliphatic carbocycles. The van der Waals surface area contributed by atoms with Crippen molar-refractivity contribution in [3.05, 3.63) is 58.2 Å². The van der Waals surface area contributed by atoms with Gasteiger partial charge in [-0.05, 0) is 12.2 Å². The third kappa shape index (κ3) is 5.15. The van der Waals surface area contributed by atoms with Gasteiger partial charge in [-0.2, -0.15) is 4.98 Å². The third-order valence-corrected chi connectivity index (χ3v) is 8.74. The number of nitrogen functional groups attached to an aromatic ring is 1. The SMILES string of the molecule is Nc1nc2c(ncn2C2=C3C/C(=C\OP(=O)(O)Oc4cc(C5=CNC6C(N)NCNN56)oc4COP(=O)(S)O3)O2)c(=O)[nH]1. The van der Waals surface area contributed by atoms with Crippen LogP contribution >= 0.6 is 26.9 Å². The molecule has 7 heterocycles. The standard InChI is InChI=1S/C20H22N10O10P2S/c21-15-17-23-3-9(30(17)26-6-24-15)10-2-11-13(38-10)5-36-42(34,43)40-12-1-8(4-35-41(32,33)39-11)37-19(12)29-7-25-14-16(29)27-20(22)28-18(14)31/h2-4,7,15,17,23-24,26H,1,5-6,21H2,(H,32,33)(H,34,43)(H3,22,27,28,31)/b8-4+. The number of nitrogens with one attached hydrogen (secondary N) is 4. The molecule has 2 bridgehead atoms. The van der Waals surface area contributed by atoms with Crippen LogP contribution in [0.5, 0.6) is 5.75 Å². The van der Waals surface area contributed by atoms with Crippen LogP contribution in [0, 0.1) is 0 Å². The monoisotopic (exact) mass is 656 g/mol. The van der Waals surface area contributed by atoms with Gasteiger partial charge in [0.25, 0.3) is 5.56 Å². The van der Waals surface area contributed by atoms with E-state index in [2.05, 4.69) is 43.3 Å². The fraction of sp³-hybridized carbons (Fsp3) is 0.250. The lowest BCUT2D eigenvalue weighted by Crippen LogP contribution is -2.67. The van der Waals surface area contributed by atoms with E-state index in [-0.39, 0.29) is 64.4 Å². The molecule has 9 N–H and O–H groups in total. The van der Waals surface area contributed by atoms with Gasteiger partial charge in [0.15, 0.2) is 34.2 Å². The Morgan fingerprint density at radius 2 is 2.09 bits per heavy atom. The Hall–Kier alpha value is -3.94. The zero-order valence-electron chi connectivity index (χ0n) is 21.5. The summed E-state index contributed by atoms with van der Waals surface area (Å²) in [5.41, 5.74) is 14.7. The van der Waals surface area contributed by atoms with Gasteiger partial charge in [0.2, 0.25) is 11.8 Å². The molecule has 23 heteroatoms. The van der Waals surface area contributed by atoms with Gasteiger partial charge in [0.1, 0.15) is 36.8 Å². The number of fused-ring (bicyclic) bond motifs is 5. The number of phosphoric ester groups is 1. The quantitative estimate of drug-likeness (QED) is 0.136. The smallest absolute Gasteiger partial charge is 0.453 e. The maximum absolute atomic E-state index is 13.4. The minimum absolute atomic E-state index is 0.0163. The molecule has 228 valence electrons. The lowest BCUT2D eigenvalue weighted by Gasteiger charge is -2.37. The van der Waals surface area contributed by atoms with Gasteiger partial charge >= 0.3 is 14.6 Å². The normalized spacial score (nSPS) is 30.2. The number of thiol groups is 1. The van der Waals surface area contributed by atoms with Crippen LogP contribution in [0.2, 0.25) is 0 Å². The molecular formula is C20H22N10O10P2S. The van der Waals surface area contributed by atoms with Gasteiger partial charge in [-0.3, -0.25) is 29.5 Å². The van der Waals surface area contributed by atoms with Crippen LogP contribution in [0.15, 0.2) is 45.6 Å². The zero-order chi connectivity index (χ0) is 30.1. The number of ether oxygens (including phenoxy) is 1. The molecule has 0 saturated carbocycles. The third-order valence-electron chi connectivity index (χ3n) is 6.44. The summed E-state index contributed by atoms with van der Waals surface area (Å²) in [6.07, 6.45) is 2.62. The average molecular weight is 656 g/mol. The van der Waals surface area contributed by atoms with Crippen LogP contribution in [-0.2, 0) is 34.0 Å². The molecule has 4 aliphatic rings. The van der Waals surface area contributed by atoms with Crippen molar-refractivity contribution in [3.63, 3.8) is 0 Å². The molecule has 4 unspecified atom stereocenters. The first kappa shape index (κ1) is 27.9. The fourth-order valence-corrected chi connectivity index (χ4v) is 6.52. The lowest BCUT2D eigenvalue weighted by atomic mass is 10.3. The maximum atomic E-state index is 13.4. The highest BCUT2D eigenvalue weighted by Gasteiger charge is 2.39. The Morgan fingerprint density at radius 1 is 1.26 bits per heavy atom. The number of furan rings is 1. The van der Waals surface area contributed by atoms with E-state index >= 15 is 0 Å². The number of imidazole rings is 1. The summed E-state index contributed by atoms with van der Waals surface area (Å²) in [6.45, 7) is -4.44. The van der Waals surface area contributed by atoms with Gasteiger partial charge < -0.3 is 39.5 Å². The van der Waals surface area contributed by atoms with E-state index in [9.17, 15) is 18.8 Å². The van der Waals surface area contributed by atoms with Gasteiger partial charge in [0.05, 0.1) is 19.3 Å². The molecule has 0 spiro atoms. The molecule has 20 nitrogen and oxygen atoms in total. The van der Waals surface area contributed by atoms with Crippen molar-refractivity contribution in [1.82, 2.24) is 40.6 Å². The Morgan fingerprint density at radius 3 is 2.93 bits per heavy atom. The number of nitrogens with two attached hydrogens (primary N) is 2. The minimum atomic E-state index is -4.85. The van der Waals surface area contributed by atoms with Crippen molar-refractivity contribution in [2.24, 2.45) is 5.73 Å².